The van der Waals surface area contributed by atoms with Crippen LogP contribution in [0.4, 0.5) is 5.82 Å². The Morgan fingerprint density at radius 2 is 2.31 bits per heavy atom. The van der Waals surface area contributed by atoms with Crippen LogP contribution in [0.25, 0.3) is 0 Å². The normalized spacial score (nSPS) is 20.1. The van der Waals surface area contributed by atoms with Gasteiger partial charge >= 0.3 is 0 Å². The van der Waals surface area contributed by atoms with Crippen molar-refractivity contribution in [1.82, 2.24) is 9.97 Å². The lowest BCUT2D eigenvalue weighted by Gasteiger charge is -2.19. The van der Waals surface area contributed by atoms with Crippen molar-refractivity contribution in [2.24, 2.45) is 11.7 Å². The molecule has 0 saturated carbocycles. The Labute approximate surface area is 95.2 Å². The number of amidine groups is 1. The van der Waals surface area contributed by atoms with E-state index >= 15 is 0 Å². The molecule has 0 radical (unpaired) electrons. The third-order valence-electron chi connectivity index (χ3n) is 3.10. The van der Waals surface area contributed by atoms with Crippen molar-refractivity contribution < 1.29 is 0 Å². The van der Waals surface area contributed by atoms with Crippen LogP contribution >= 0.6 is 0 Å². The summed E-state index contributed by atoms with van der Waals surface area (Å²) in [7, 11) is 0. The fraction of sp³-hybridized carbons (Fsp3) is 0.545. The molecule has 0 aromatic carbocycles. The molecule has 5 nitrogen and oxygen atoms in total. The minimum absolute atomic E-state index is 0.0111. The number of nitrogens with two attached hydrogens (primary N) is 1. The first-order valence-electron chi connectivity index (χ1n) is 5.62. The lowest BCUT2D eigenvalue weighted by atomic mass is 10.1. The Bertz CT molecular complexity index is 390. The van der Waals surface area contributed by atoms with Crippen molar-refractivity contribution in [3.05, 3.63) is 18.1 Å². The smallest absolute Gasteiger partial charge is 0.158 e. The topological polar surface area (TPSA) is 78.9 Å². The largest absolute Gasteiger partial charge is 0.382 e. The first kappa shape index (κ1) is 10.9. The van der Waals surface area contributed by atoms with Gasteiger partial charge in [-0.05, 0) is 12.3 Å². The molecule has 16 heavy (non-hydrogen) atoms. The third kappa shape index (κ3) is 1.98. The average Bonchev–Trinajstić information content (AvgIpc) is 2.77. The second kappa shape index (κ2) is 4.47. The van der Waals surface area contributed by atoms with Crippen LogP contribution in [0.3, 0.4) is 0 Å². The highest BCUT2D eigenvalue weighted by Crippen LogP contribution is 2.25. The fourth-order valence-corrected chi connectivity index (χ4v) is 2.11. The SMILES string of the molecule is CCC1CCN(c2nccnc2C(=N)N)C1. The van der Waals surface area contributed by atoms with E-state index in [0.717, 1.165) is 24.8 Å². The summed E-state index contributed by atoms with van der Waals surface area (Å²) in [6, 6.07) is 0. The van der Waals surface area contributed by atoms with Crippen molar-refractivity contribution in [2.45, 2.75) is 19.8 Å². The first-order chi connectivity index (χ1) is 7.72. The summed E-state index contributed by atoms with van der Waals surface area (Å²) in [5.41, 5.74) is 6.00. The molecule has 1 aliphatic heterocycles. The zero-order valence-electron chi connectivity index (χ0n) is 9.48. The summed E-state index contributed by atoms with van der Waals surface area (Å²) in [6.45, 7) is 4.18. The van der Waals surface area contributed by atoms with Gasteiger partial charge in [0, 0.05) is 25.5 Å². The third-order valence-corrected chi connectivity index (χ3v) is 3.10. The van der Waals surface area contributed by atoms with Crippen molar-refractivity contribution >= 4 is 11.7 Å². The van der Waals surface area contributed by atoms with E-state index in [4.69, 9.17) is 11.1 Å². The molecule has 3 N–H and O–H groups in total. The molecule has 2 rings (SSSR count). The summed E-state index contributed by atoms with van der Waals surface area (Å²) in [5.74, 6) is 1.47. The number of rotatable bonds is 3. The van der Waals surface area contributed by atoms with Crippen molar-refractivity contribution in [3.8, 4) is 0 Å². The van der Waals surface area contributed by atoms with Crippen LogP contribution in [0.1, 0.15) is 25.5 Å². The van der Waals surface area contributed by atoms with Gasteiger partial charge in [0.05, 0.1) is 0 Å². The van der Waals surface area contributed by atoms with Crippen LogP contribution in [0.15, 0.2) is 12.4 Å². The predicted molar refractivity (Wildman–Crippen MR) is 63.7 cm³/mol. The van der Waals surface area contributed by atoms with Gasteiger partial charge in [0.25, 0.3) is 0 Å². The predicted octanol–water partition coefficient (Wildman–Crippen LogP) is 0.997. The maximum absolute atomic E-state index is 7.48. The van der Waals surface area contributed by atoms with Crippen molar-refractivity contribution in [3.63, 3.8) is 0 Å². The second-order valence-corrected chi connectivity index (χ2v) is 4.15. The lowest BCUT2D eigenvalue weighted by Crippen LogP contribution is -2.26. The fourth-order valence-electron chi connectivity index (χ4n) is 2.11. The Balaban J connectivity index is 2.24. The van der Waals surface area contributed by atoms with Crippen molar-refractivity contribution in [1.29, 1.82) is 5.41 Å². The van der Waals surface area contributed by atoms with E-state index in [9.17, 15) is 0 Å². The van der Waals surface area contributed by atoms with E-state index < -0.39 is 0 Å². The van der Waals surface area contributed by atoms with Gasteiger partial charge in [0.15, 0.2) is 5.82 Å². The molecule has 1 aliphatic rings. The van der Waals surface area contributed by atoms with Crippen LogP contribution in [-0.2, 0) is 0 Å². The number of aromatic nitrogens is 2. The molecule has 2 heterocycles. The van der Waals surface area contributed by atoms with Gasteiger partial charge in [-0.1, -0.05) is 13.3 Å². The molecule has 1 fully saturated rings. The molecule has 1 unspecified atom stereocenters. The van der Waals surface area contributed by atoms with Crippen LogP contribution in [0.5, 0.6) is 0 Å². The Kier molecular flexibility index (Phi) is 3.03. The molecule has 0 aliphatic carbocycles. The van der Waals surface area contributed by atoms with Gasteiger partial charge in [0.1, 0.15) is 11.5 Å². The molecular weight excluding hydrogens is 202 g/mol. The molecule has 1 aromatic rings. The average molecular weight is 219 g/mol. The number of nitrogens with zero attached hydrogens (tertiary/aromatic N) is 3. The van der Waals surface area contributed by atoms with Crippen LogP contribution in [0.2, 0.25) is 0 Å². The Hall–Kier alpha value is -1.65. The van der Waals surface area contributed by atoms with E-state index in [1.54, 1.807) is 12.4 Å². The van der Waals surface area contributed by atoms with Gasteiger partial charge in [-0.25, -0.2) is 9.97 Å². The Morgan fingerprint density at radius 3 is 2.94 bits per heavy atom. The zero-order valence-corrected chi connectivity index (χ0v) is 9.48. The van der Waals surface area contributed by atoms with E-state index in [0.29, 0.717) is 5.69 Å². The maximum Gasteiger partial charge on any atom is 0.158 e. The van der Waals surface area contributed by atoms with E-state index in [1.807, 2.05) is 0 Å². The van der Waals surface area contributed by atoms with E-state index in [-0.39, 0.29) is 5.84 Å². The van der Waals surface area contributed by atoms with Crippen LogP contribution in [0, 0.1) is 11.3 Å². The highest BCUT2D eigenvalue weighted by Gasteiger charge is 2.24. The molecule has 86 valence electrons. The zero-order chi connectivity index (χ0) is 11.5. The Morgan fingerprint density at radius 1 is 1.56 bits per heavy atom. The van der Waals surface area contributed by atoms with Crippen molar-refractivity contribution in [2.75, 3.05) is 18.0 Å². The quantitative estimate of drug-likeness (QED) is 0.587. The molecule has 0 amide bonds. The summed E-state index contributed by atoms with van der Waals surface area (Å²) >= 11 is 0. The first-order valence-corrected chi connectivity index (χ1v) is 5.62. The van der Waals surface area contributed by atoms with E-state index in [2.05, 4.69) is 21.8 Å². The molecule has 1 aromatic heterocycles. The summed E-state index contributed by atoms with van der Waals surface area (Å²) in [5, 5.41) is 7.48. The monoisotopic (exact) mass is 219 g/mol. The maximum atomic E-state index is 7.48. The summed E-state index contributed by atoms with van der Waals surface area (Å²) in [4.78, 5) is 10.6. The minimum Gasteiger partial charge on any atom is -0.382 e. The molecule has 0 spiro atoms. The summed E-state index contributed by atoms with van der Waals surface area (Å²) in [6.07, 6.45) is 5.60. The number of hydrogen-bond acceptors (Lipinski definition) is 4. The van der Waals surface area contributed by atoms with Gasteiger partial charge in [0.2, 0.25) is 0 Å². The number of nitrogen functional groups attached to an aromatic ring is 1. The molecule has 1 atom stereocenters. The molecular formula is C11H17N5. The van der Waals surface area contributed by atoms with E-state index in [1.165, 1.54) is 12.8 Å². The van der Waals surface area contributed by atoms with Gasteiger partial charge < -0.3 is 10.6 Å². The number of nitrogens with one attached hydrogen (secondary N) is 1. The van der Waals surface area contributed by atoms with Crippen LogP contribution < -0.4 is 10.6 Å². The highest BCUT2D eigenvalue weighted by molar-refractivity contribution is 5.97. The van der Waals surface area contributed by atoms with Gasteiger partial charge in [-0.3, -0.25) is 5.41 Å². The van der Waals surface area contributed by atoms with Gasteiger partial charge in [-0.2, -0.15) is 0 Å². The lowest BCUT2D eigenvalue weighted by molar-refractivity contribution is 0.568. The number of anilines is 1. The molecule has 0 bridgehead atoms. The molecule has 1 saturated heterocycles. The molecule has 5 heteroatoms. The summed E-state index contributed by atoms with van der Waals surface area (Å²) < 4.78 is 0. The second-order valence-electron chi connectivity index (χ2n) is 4.15. The van der Waals surface area contributed by atoms with Gasteiger partial charge in [-0.15, -0.1) is 0 Å². The highest BCUT2D eigenvalue weighted by atomic mass is 15.2. The van der Waals surface area contributed by atoms with Crippen LogP contribution in [-0.4, -0.2) is 28.9 Å². The minimum atomic E-state index is -0.0111. The number of hydrogen-bond donors (Lipinski definition) is 2. The standard InChI is InChI=1S/C11H17N5/c1-2-8-3-6-16(7-8)11-9(10(12)13)14-4-5-15-11/h4-5,8H,2-3,6-7H2,1H3,(H3,12,13).